The van der Waals surface area contributed by atoms with Crippen LogP contribution in [0.4, 0.5) is 5.82 Å². The van der Waals surface area contributed by atoms with E-state index < -0.39 is 0 Å². The van der Waals surface area contributed by atoms with Gasteiger partial charge in [0, 0.05) is 16.7 Å². The van der Waals surface area contributed by atoms with E-state index in [0.717, 1.165) is 21.6 Å². The van der Waals surface area contributed by atoms with Crippen LogP contribution in [0.3, 0.4) is 0 Å². The average molecular weight is 378 g/mol. The van der Waals surface area contributed by atoms with E-state index in [1.807, 2.05) is 30.5 Å². The molecule has 0 aliphatic rings. The Labute approximate surface area is 139 Å². The third-order valence-electron chi connectivity index (χ3n) is 3.00. The summed E-state index contributed by atoms with van der Waals surface area (Å²) in [5.41, 5.74) is 1.75. The molecule has 0 aliphatic carbocycles. The fraction of sp³-hybridized carbons (Fsp3) is 0.143. The zero-order valence-corrected chi connectivity index (χ0v) is 14.1. The molecule has 0 spiro atoms. The first-order chi connectivity index (χ1) is 10.6. The smallest absolute Gasteiger partial charge is 0.270 e. The van der Waals surface area contributed by atoms with Gasteiger partial charge in [0.05, 0.1) is 12.2 Å². The standard InChI is InChI=1S/C14H12BrN5OS/c1-9-13(22-19-17-9)14(21)16-12-6-7-20(18-12)8-10-2-4-11(15)5-3-10/h2-7H,8H2,1H3,(H,16,18,21). The number of rotatable bonds is 4. The number of aryl methyl sites for hydroxylation is 1. The highest BCUT2D eigenvalue weighted by atomic mass is 79.9. The number of hydrogen-bond acceptors (Lipinski definition) is 5. The molecule has 3 rings (SSSR count). The number of hydrogen-bond donors (Lipinski definition) is 1. The lowest BCUT2D eigenvalue weighted by Crippen LogP contribution is -2.12. The largest absolute Gasteiger partial charge is 0.304 e. The van der Waals surface area contributed by atoms with Gasteiger partial charge in [0.25, 0.3) is 5.91 Å². The molecule has 0 unspecified atom stereocenters. The van der Waals surface area contributed by atoms with E-state index in [1.165, 1.54) is 0 Å². The molecular weight excluding hydrogens is 366 g/mol. The highest BCUT2D eigenvalue weighted by Gasteiger charge is 2.14. The minimum atomic E-state index is -0.235. The van der Waals surface area contributed by atoms with E-state index in [4.69, 9.17) is 0 Å². The molecule has 1 amide bonds. The normalized spacial score (nSPS) is 10.6. The van der Waals surface area contributed by atoms with Gasteiger partial charge in [-0.05, 0) is 36.2 Å². The van der Waals surface area contributed by atoms with Crippen LogP contribution >= 0.6 is 27.5 Å². The first-order valence-electron chi connectivity index (χ1n) is 6.50. The van der Waals surface area contributed by atoms with Crippen molar-refractivity contribution in [3.05, 3.63) is 57.1 Å². The fourth-order valence-electron chi connectivity index (χ4n) is 1.91. The summed E-state index contributed by atoms with van der Waals surface area (Å²) in [7, 11) is 0. The van der Waals surface area contributed by atoms with Crippen LogP contribution in [-0.4, -0.2) is 25.3 Å². The number of nitrogens with zero attached hydrogens (tertiary/aromatic N) is 4. The van der Waals surface area contributed by atoms with Crippen LogP contribution in [0.1, 0.15) is 20.9 Å². The van der Waals surface area contributed by atoms with Crippen molar-refractivity contribution < 1.29 is 4.79 Å². The van der Waals surface area contributed by atoms with E-state index in [1.54, 1.807) is 17.7 Å². The van der Waals surface area contributed by atoms with Gasteiger partial charge in [-0.15, -0.1) is 5.10 Å². The predicted octanol–water partition coefficient (Wildman–Crippen LogP) is 3.11. The van der Waals surface area contributed by atoms with Gasteiger partial charge in [0.1, 0.15) is 4.88 Å². The summed E-state index contributed by atoms with van der Waals surface area (Å²) in [6.45, 7) is 2.40. The van der Waals surface area contributed by atoms with E-state index >= 15 is 0 Å². The number of nitrogens with one attached hydrogen (secondary N) is 1. The molecule has 2 heterocycles. The average Bonchev–Trinajstić information content (AvgIpc) is 3.10. The summed E-state index contributed by atoms with van der Waals surface area (Å²) in [5, 5.41) is 10.9. The molecular formula is C14H12BrN5OS. The lowest BCUT2D eigenvalue weighted by atomic mass is 10.2. The summed E-state index contributed by atoms with van der Waals surface area (Å²) < 4.78 is 6.57. The second kappa shape index (κ2) is 6.37. The second-order valence-corrected chi connectivity index (χ2v) is 6.34. The van der Waals surface area contributed by atoms with Crippen molar-refractivity contribution in [3.63, 3.8) is 0 Å². The number of amides is 1. The Bertz CT molecular complexity index is 796. The maximum atomic E-state index is 12.1. The summed E-state index contributed by atoms with van der Waals surface area (Å²) in [4.78, 5) is 12.6. The third-order valence-corrected chi connectivity index (χ3v) is 4.35. The van der Waals surface area contributed by atoms with Crippen LogP contribution < -0.4 is 5.32 Å². The van der Waals surface area contributed by atoms with Crippen LogP contribution in [-0.2, 0) is 6.54 Å². The zero-order valence-electron chi connectivity index (χ0n) is 11.7. The van der Waals surface area contributed by atoms with E-state index in [0.29, 0.717) is 22.9 Å². The van der Waals surface area contributed by atoms with Gasteiger partial charge < -0.3 is 5.32 Å². The lowest BCUT2D eigenvalue weighted by Gasteiger charge is -2.02. The van der Waals surface area contributed by atoms with Gasteiger partial charge in [-0.3, -0.25) is 9.48 Å². The van der Waals surface area contributed by atoms with Crippen molar-refractivity contribution in [2.45, 2.75) is 13.5 Å². The molecule has 0 radical (unpaired) electrons. The summed E-state index contributed by atoms with van der Waals surface area (Å²) in [6, 6.07) is 9.79. The van der Waals surface area contributed by atoms with Crippen LogP contribution in [0.5, 0.6) is 0 Å². The lowest BCUT2D eigenvalue weighted by molar-refractivity contribution is 0.102. The molecule has 8 heteroatoms. The number of carbonyl (C=O) groups excluding carboxylic acids is 1. The molecule has 0 bridgehead atoms. The number of halogens is 1. The Morgan fingerprint density at radius 3 is 2.77 bits per heavy atom. The van der Waals surface area contributed by atoms with Crippen molar-refractivity contribution in [2.24, 2.45) is 0 Å². The molecule has 2 aromatic heterocycles. The van der Waals surface area contributed by atoms with Crippen molar-refractivity contribution in [2.75, 3.05) is 5.32 Å². The van der Waals surface area contributed by atoms with Crippen molar-refractivity contribution in [1.82, 2.24) is 19.4 Å². The SMILES string of the molecule is Cc1nnsc1C(=O)Nc1ccn(Cc2ccc(Br)cc2)n1. The quantitative estimate of drug-likeness (QED) is 0.757. The Hall–Kier alpha value is -2.06. The van der Waals surface area contributed by atoms with E-state index in [2.05, 4.69) is 35.9 Å². The highest BCUT2D eigenvalue weighted by Crippen LogP contribution is 2.14. The van der Waals surface area contributed by atoms with Crippen molar-refractivity contribution in [3.8, 4) is 0 Å². The minimum Gasteiger partial charge on any atom is -0.304 e. The second-order valence-electron chi connectivity index (χ2n) is 4.67. The molecule has 0 atom stereocenters. The Kier molecular flexibility index (Phi) is 4.30. The molecule has 0 saturated carbocycles. The molecule has 6 nitrogen and oxygen atoms in total. The monoisotopic (exact) mass is 377 g/mol. The van der Waals surface area contributed by atoms with Crippen LogP contribution in [0.15, 0.2) is 41.0 Å². The summed E-state index contributed by atoms with van der Waals surface area (Å²) in [6.07, 6.45) is 1.83. The molecule has 0 saturated heterocycles. The van der Waals surface area contributed by atoms with E-state index in [-0.39, 0.29) is 5.91 Å². The first kappa shape index (κ1) is 14.9. The summed E-state index contributed by atoms with van der Waals surface area (Å²) >= 11 is 4.48. The van der Waals surface area contributed by atoms with Gasteiger partial charge in [-0.1, -0.05) is 32.6 Å². The van der Waals surface area contributed by atoms with Gasteiger partial charge in [-0.25, -0.2) is 0 Å². The zero-order chi connectivity index (χ0) is 15.5. The maximum Gasteiger partial charge on any atom is 0.270 e. The number of anilines is 1. The number of carbonyl (C=O) groups is 1. The Balaban J connectivity index is 1.67. The number of aromatic nitrogens is 4. The Morgan fingerprint density at radius 2 is 2.09 bits per heavy atom. The van der Waals surface area contributed by atoms with Crippen LogP contribution in [0.2, 0.25) is 0 Å². The molecule has 0 aliphatic heterocycles. The predicted molar refractivity (Wildman–Crippen MR) is 88.1 cm³/mol. The highest BCUT2D eigenvalue weighted by molar-refractivity contribution is 9.10. The minimum absolute atomic E-state index is 0.235. The number of benzene rings is 1. The third kappa shape index (κ3) is 3.40. The van der Waals surface area contributed by atoms with Gasteiger partial charge in [0.15, 0.2) is 5.82 Å². The van der Waals surface area contributed by atoms with E-state index in [9.17, 15) is 4.79 Å². The molecule has 1 aromatic carbocycles. The molecule has 112 valence electrons. The molecule has 22 heavy (non-hydrogen) atoms. The summed E-state index contributed by atoms with van der Waals surface area (Å²) in [5.74, 6) is 0.274. The molecule has 0 fully saturated rings. The maximum absolute atomic E-state index is 12.1. The first-order valence-corrected chi connectivity index (χ1v) is 8.06. The molecule has 1 N–H and O–H groups in total. The van der Waals surface area contributed by atoms with Crippen LogP contribution in [0.25, 0.3) is 0 Å². The van der Waals surface area contributed by atoms with Crippen LogP contribution in [0, 0.1) is 6.92 Å². The molecule has 3 aromatic rings. The van der Waals surface area contributed by atoms with Gasteiger partial charge in [-0.2, -0.15) is 5.10 Å². The van der Waals surface area contributed by atoms with Gasteiger partial charge >= 0.3 is 0 Å². The van der Waals surface area contributed by atoms with Gasteiger partial charge in [0.2, 0.25) is 0 Å². The van der Waals surface area contributed by atoms with Crippen molar-refractivity contribution in [1.29, 1.82) is 0 Å². The Morgan fingerprint density at radius 1 is 1.32 bits per heavy atom. The fourth-order valence-corrected chi connectivity index (χ4v) is 2.72. The van der Waals surface area contributed by atoms with Crippen molar-refractivity contribution >= 4 is 39.2 Å². The topological polar surface area (TPSA) is 72.7 Å².